The van der Waals surface area contributed by atoms with Crippen molar-refractivity contribution in [2.24, 2.45) is 11.3 Å². The van der Waals surface area contributed by atoms with Crippen molar-refractivity contribution in [3.05, 3.63) is 34.9 Å². The van der Waals surface area contributed by atoms with E-state index < -0.39 is 0 Å². The summed E-state index contributed by atoms with van der Waals surface area (Å²) in [5, 5.41) is 0. The molecule has 0 heteroatoms. The van der Waals surface area contributed by atoms with Crippen molar-refractivity contribution < 1.29 is 0 Å². The van der Waals surface area contributed by atoms with Crippen LogP contribution < -0.4 is 0 Å². The highest BCUT2D eigenvalue weighted by atomic mass is 14.2. The third-order valence-corrected chi connectivity index (χ3v) is 2.31. The standard InChI is InChI=1S/C13H20.C4H10/c1-10-6-7-12(8-11(10)2)9-13(3,4)5;1-4(2)3/h6-8H,9H2,1-5H3;4H,1-3H3. The van der Waals surface area contributed by atoms with E-state index >= 15 is 0 Å². The third-order valence-electron chi connectivity index (χ3n) is 2.31. The van der Waals surface area contributed by atoms with E-state index in [2.05, 4.69) is 73.6 Å². The summed E-state index contributed by atoms with van der Waals surface area (Å²) in [7, 11) is 0. The molecule has 98 valence electrons. The largest absolute Gasteiger partial charge is 0.0630 e. The highest BCUT2D eigenvalue weighted by Gasteiger charge is 2.11. The van der Waals surface area contributed by atoms with Crippen LogP contribution in [0.15, 0.2) is 18.2 Å². The molecule has 0 saturated carbocycles. The molecule has 17 heavy (non-hydrogen) atoms. The van der Waals surface area contributed by atoms with Gasteiger partial charge in [-0.1, -0.05) is 59.7 Å². The molecule has 0 aliphatic rings. The van der Waals surface area contributed by atoms with Crippen LogP contribution in [0.4, 0.5) is 0 Å². The molecule has 0 radical (unpaired) electrons. The Balaban J connectivity index is 0.000000557. The average Bonchev–Trinajstić information content (AvgIpc) is 2.08. The van der Waals surface area contributed by atoms with Crippen LogP contribution in [0, 0.1) is 25.2 Å². The van der Waals surface area contributed by atoms with Crippen LogP contribution in [0.1, 0.15) is 58.2 Å². The fraction of sp³-hybridized carbons (Fsp3) is 0.647. The quantitative estimate of drug-likeness (QED) is 0.597. The summed E-state index contributed by atoms with van der Waals surface area (Å²) in [6.07, 6.45) is 1.16. The summed E-state index contributed by atoms with van der Waals surface area (Å²) in [5.74, 6) is 0.833. The number of aryl methyl sites for hydroxylation is 2. The number of rotatable bonds is 1. The van der Waals surface area contributed by atoms with E-state index in [0.717, 1.165) is 12.3 Å². The van der Waals surface area contributed by atoms with Crippen LogP contribution in [0.3, 0.4) is 0 Å². The fourth-order valence-electron chi connectivity index (χ4n) is 1.53. The SMILES string of the molecule is CC(C)C.Cc1ccc(CC(C)(C)C)cc1C. The van der Waals surface area contributed by atoms with Gasteiger partial charge in [-0.25, -0.2) is 0 Å². The van der Waals surface area contributed by atoms with Gasteiger partial charge in [-0.05, 0) is 48.3 Å². The van der Waals surface area contributed by atoms with Gasteiger partial charge in [0.05, 0.1) is 0 Å². The summed E-state index contributed by atoms with van der Waals surface area (Å²) in [6.45, 7) is 17.7. The van der Waals surface area contributed by atoms with Gasteiger partial charge in [0, 0.05) is 0 Å². The molecule has 0 saturated heterocycles. The molecule has 0 bridgehead atoms. The first-order chi connectivity index (χ1) is 7.61. The number of benzene rings is 1. The van der Waals surface area contributed by atoms with E-state index in [0.29, 0.717) is 5.41 Å². The molecule has 1 aromatic carbocycles. The highest BCUT2D eigenvalue weighted by Crippen LogP contribution is 2.21. The molecular weight excluding hydrogens is 204 g/mol. The van der Waals surface area contributed by atoms with Crippen LogP contribution in [-0.4, -0.2) is 0 Å². The van der Waals surface area contributed by atoms with E-state index in [-0.39, 0.29) is 0 Å². The van der Waals surface area contributed by atoms with Crippen molar-refractivity contribution in [1.82, 2.24) is 0 Å². The zero-order chi connectivity index (χ0) is 13.6. The minimum Gasteiger partial charge on any atom is -0.0630 e. The summed E-state index contributed by atoms with van der Waals surface area (Å²) in [5.41, 5.74) is 4.64. The van der Waals surface area contributed by atoms with Gasteiger partial charge in [0.1, 0.15) is 0 Å². The van der Waals surface area contributed by atoms with E-state index in [1.54, 1.807) is 0 Å². The Morgan fingerprint density at radius 3 is 1.76 bits per heavy atom. The zero-order valence-electron chi connectivity index (χ0n) is 13.0. The maximum absolute atomic E-state index is 2.31. The molecular formula is C17H30. The van der Waals surface area contributed by atoms with Gasteiger partial charge in [0.2, 0.25) is 0 Å². The second-order valence-electron chi connectivity index (χ2n) is 6.89. The summed E-state index contributed by atoms with van der Waals surface area (Å²) in [6, 6.07) is 6.77. The Labute approximate surface area is 108 Å². The van der Waals surface area contributed by atoms with Crippen molar-refractivity contribution >= 4 is 0 Å². The van der Waals surface area contributed by atoms with Crippen LogP contribution >= 0.6 is 0 Å². The summed E-state index contributed by atoms with van der Waals surface area (Å²) < 4.78 is 0. The number of hydrogen-bond donors (Lipinski definition) is 0. The molecule has 0 aromatic heterocycles. The molecule has 0 aliphatic heterocycles. The molecule has 0 atom stereocenters. The molecule has 0 N–H and O–H groups in total. The van der Waals surface area contributed by atoms with E-state index in [1.807, 2.05) is 0 Å². The third kappa shape index (κ3) is 8.97. The molecule has 0 nitrogen and oxygen atoms in total. The Morgan fingerprint density at radius 1 is 0.941 bits per heavy atom. The van der Waals surface area contributed by atoms with Crippen molar-refractivity contribution in [3.63, 3.8) is 0 Å². The first-order valence-electron chi connectivity index (χ1n) is 6.68. The van der Waals surface area contributed by atoms with E-state index in [1.165, 1.54) is 16.7 Å². The lowest BCUT2D eigenvalue weighted by Gasteiger charge is -2.18. The van der Waals surface area contributed by atoms with Gasteiger partial charge in [0.15, 0.2) is 0 Å². The topological polar surface area (TPSA) is 0 Å². The van der Waals surface area contributed by atoms with E-state index in [4.69, 9.17) is 0 Å². The Hall–Kier alpha value is -0.780. The predicted molar refractivity (Wildman–Crippen MR) is 79.6 cm³/mol. The second kappa shape index (κ2) is 6.83. The van der Waals surface area contributed by atoms with Gasteiger partial charge in [-0.3, -0.25) is 0 Å². The minimum atomic E-state index is 0.391. The maximum atomic E-state index is 2.31. The van der Waals surface area contributed by atoms with Crippen molar-refractivity contribution in [2.75, 3.05) is 0 Å². The van der Waals surface area contributed by atoms with Crippen molar-refractivity contribution in [3.8, 4) is 0 Å². The molecule has 1 rings (SSSR count). The smallest absolute Gasteiger partial charge is 0.0230 e. The van der Waals surface area contributed by atoms with Gasteiger partial charge in [0.25, 0.3) is 0 Å². The van der Waals surface area contributed by atoms with Crippen LogP contribution in [-0.2, 0) is 6.42 Å². The molecule has 0 heterocycles. The first-order valence-corrected chi connectivity index (χ1v) is 6.68. The van der Waals surface area contributed by atoms with Gasteiger partial charge in [-0.2, -0.15) is 0 Å². The first kappa shape index (κ1) is 16.2. The van der Waals surface area contributed by atoms with Crippen molar-refractivity contribution in [2.45, 2.75) is 61.8 Å². The molecule has 0 aliphatic carbocycles. The molecule has 1 aromatic rings. The molecule has 0 amide bonds. The lowest BCUT2D eigenvalue weighted by atomic mass is 9.87. The van der Waals surface area contributed by atoms with Crippen molar-refractivity contribution in [1.29, 1.82) is 0 Å². The Bertz CT molecular complexity index is 324. The Kier molecular flexibility index (Phi) is 6.52. The zero-order valence-corrected chi connectivity index (χ0v) is 13.0. The molecule has 0 fully saturated rings. The normalized spacial score (nSPS) is 11.1. The monoisotopic (exact) mass is 234 g/mol. The fourth-order valence-corrected chi connectivity index (χ4v) is 1.53. The molecule has 0 spiro atoms. The minimum absolute atomic E-state index is 0.391. The van der Waals surface area contributed by atoms with Crippen LogP contribution in [0.5, 0.6) is 0 Å². The second-order valence-corrected chi connectivity index (χ2v) is 6.89. The molecule has 0 unspecified atom stereocenters. The van der Waals surface area contributed by atoms with E-state index in [9.17, 15) is 0 Å². The Morgan fingerprint density at radius 2 is 1.41 bits per heavy atom. The average molecular weight is 234 g/mol. The van der Waals surface area contributed by atoms with Gasteiger partial charge < -0.3 is 0 Å². The highest BCUT2D eigenvalue weighted by molar-refractivity contribution is 5.30. The predicted octanol–water partition coefficient (Wildman–Crippen LogP) is 5.55. The summed E-state index contributed by atoms with van der Waals surface area (Å²) >= 11 is 0. The van der Waals surface area contributed by atoms with Crippen LogP contribution in [0.25, 0.3) is 0 Å². The maximum Gasteiger partial charge on any atom is -0.0230 e. The van der Waals surface area contributed by atoms with Crippen LogP contribution in [0.2, 0.25) is 0 Å². The lowest BCUT2D eigenvalue weighted by molar-refractivity contribution is 0.411. The number of hydrogen-bond acceptors (Lipinski definition) is 0. The lowest BCUT2D eigenvalue weighted by Crippen LogP contribution is -2.09. The van der Waals surface area contributed by atoms with Gasteiger partial charge >= 0.3 is 0 Å². The summed E-state index contributed by atoms with van der Waals surface area (Å²) in [4.78, 5) is 0. The van der Waals surface area contributed by atoms with Gasteiger partial charge in [-0.15, -0.1) is 0 Å².